The summed E-state index contributed by atoms with van der Waals surface area (Å²) in [5, 5.41) is 5.05. The Hall–Kier alpha value is -2.74. The lowest BCUT2D eigenvalue weighted by molar-refractivity contribution is -0.126. The molecule has 8 nitrogen and oxygen atoms in total. The van der Waals surface area contributed by atoms with Crippen LogP contribution >= 0.6 is 22.9 Å². The van der Waals surface area contributed by atoms with Crippen molar-refractivity contribution in [2.45, 2.75) is 44.2 Å². The van der Waals surface area contributed by atoms with Gasteiger partial charge in [0.25, 0.3) is 24.7 Å². The number of hydrogen-bond donors (Lipinski definition) is 2. The zero-order valence-corrected chi connectivity index (χ0v) is 22.3. The Kier molecular flexibility index (Phi) is 9.81. The van der Waals surface area contributed by atoms with Crippen molar-refractivity contribution in [1.82, 2.24) is 10.2 Å². The maximum Gasteiger partial charge on any atom is 0.265 e. The number of nitrogens with one attached hydrogen (secondary N) is 2. The fraction of sp³-hybridized carbons (Fsp3) is 0.480. The molecule has 0 unspecified atom stereocenters. The van der Waals surface area contributed by atoms with Crippen molar-refractivity contribution < 1.29 is 36.7 Å². The average Bonchev–Trinajstić information content (AvgIpc) is 3.29. The van der Waals surface area contributed by atoms with Crippen LogP contribution in [0.4, 0.5) is 28.9 Å². The summed E-state index contributed by atoms with van der Waals surface area (Å²) in [6, 6.07) is 5.25. The second-order valence-corrected chi connectivity index (χ2v) is 10.9. The van der Waals surface area contributed by atoms with Crippen molar-refractivity contribution in [3.63, 3.8) is 0 Å². The minimum atomic E-state index is -3.00. The maximum absolute atomic E-state index is 14.0. The lowest BCUT2D eigenvalue weighted by atomic mass is 9.90. The highest BCUT2D eigenvalue weighted by atomic mass is 35.5. The van der Waals surface area contributed by atoms with Gasteiger partial charge in [-0.3, -0.25) is 19.3 Å². The topological polar surface area (TPSA) is 91.0 Å². The number of halogens is 5. The van der Waals surface area contributed by atoms with Gasteiger partial charge >= 0.3 is 0 Å². The molecule has 39 heavy (non-hydrogen) atoms. The molecule has 2 heterocycles. The number of anilines is 2. The number of ether oxygens (including phenoxy) is 1. The van der Waals surface area contributed by atoms with Crippen LogP contribution in [-0.2, 0) is 14.3 Å². The van der Waals surface area contributed by atoms with E-state index in [1.807, 2.05) is 0 Å². The van der Waals surface area contributed by atoms with Crippen molar-refractivity contribution >= 4 is 52.0 Å². The van der Waals surface area contributed by atoms with Crippen LogP contribution in [-0.4, -0.2) is 74.0 Å². The predicted octanol–water partition coefficient (Wildman–Crippen LogP) is 4.56. The molecule has 1 aromatic carbocycles. The Labute approximate surface area is 231 Å². The van der Waals surface area contributed by atoms with Crippen LogP contribution in [0.5, 0.6) is 0 Å². The number of carbonyl (C=O) groups excluding carboxylic acids is 3. The SMILES string of the molecule is O=C(NC[C@H](C(=O)Nc1ccc(N2CCOCC2=O)cc1C(F)F)N(CC(F)F)C1CCC1)c1ccc(Cl)s1. The molecule has 212 valence electrons. The summed E-state index contributed by atoms with van der Waals surface area (Å²) < 4.78 is 60.6. The number of carbonyl (C=O) groups is 3. The van der Waals surface area contributed by atoms with E-state index in [1.54, 1.807) is 0 Å². The quantitative estimate of drug-likeness (QED) is 0.375. The van der Waals surface area contributed by atoms with Gasteiger partial charge in [-0.1, -0.05) is 18.0 Å². The van der Waals surface area contributed by atoms with Gasteiger partial charge in [-0.2, -0.15) is 0 Å². The highest BCUT2D eigenvalue weighted by Crippen LogP contribution is 2.33. The monoisotopic (exact) mass is 590 g/mol. The molecule has 0 bridgehead atoms. The first kappa shape index (κ1) is 29.2. The Morgan fingerprint density at radius 1 is 1.18 bits per heavy atom. The van der Waals surface area contributed by atoms with Crippen molar-refractivity contribution in [3.8, 4) is 0 Å². The molecule has 1 saturated carbocycles. The number of nitrogens with zero attached hydrogens (tertiary/aromatic N) is 2. The van der Waals surface area contributed by atoms with Gasteiger partial charge in [-0.05, 0) is 43.2 Å². The van der Waals surface area contributed by atoms with Crippen LogP contribution in [0.15, 0.2) is 30.3 Å². The van der Waals surface area contributed by atoms with Crippen LogP contribution in [0.3, 0.4) is 0 Å². The van der Waals surface area contributed by atoms with Crippen LogP contribution in [0.1, 0.15) is 40.9 Å². The first-order valence-corrected chi connectivity index (χ1v) is 13.5. The summed E-state index contributed by atoms with van der Waals surface area (Å²) in [5.74, 6) is -1.74. The van der Waals surface area contributed by atoms with E-state index in [2.05, 4.69) is 10.6 Å². The molecule has 1 saturated heterocycles. The molecule has 1 aliphatic carbocycles. The first-order chi connectivity index (χ1) is 18.6. The number of benzene rings is 1. The zero-order chi connectivity index (χ0) is 28.1. The van der Waals surface area contributed by atoms with Gasteiger partial charge < -0.3 is 20.3 Å². The van der Waals surface area contributed by atoms with Gasteiger partial charge in [0, 0.05) is 36.1 Å². The second kappa shape index (κ2) is 13.1. The number of rotatable bonds is 11. The standard InChI is InChI=1S/C25H27ClF4N4O4S/c26-20-7-6-19(39-20)25(37)31-11-18(34(12-21(27)28)14-2-1-3-14)24(36)32-17-5-4-15(10-16(17)23(29)30)33-8-9-38-13-22(33)35/h4-7,10,14,18,21,23H,1-3,8-9,11-13H2,(H,31,37)(H,32,36)/t18-/m1/s1. The van der Waals surface area contributed by atoms with Gasteiger partial charge in [0.1, 0.15) is 12.6 Å². The average molecular weight is 591 g/mol. The van der Waals surface area contributed by atoms with Crippen LogP contribution in [0, 0.1) is 0 Å². The number of hydrogen-bond acceptors (Lipinski definition) is 6. The van der Waals surface area contributed by atoms with Crippen LogP contribution in [0.2, 0.25) is 4.34 Å². The molecule has 2 aromatic rings. The van der Waals surface area contributed by atoms with Gasteiger partial charge in [0.15, 0.2) is 0 Å². The molecule has 0 radical (unpaired) electrons. The van der Waals surface area contributed by atoms with E-state index in [0.717, 1.165) is 23.8 Å². The lowest BCUT2D eigenvalue weighted by Gasteiger charge is -2.41. The number of morpholine rings is 1. The molecular formula is C25H27ClF4N4O4S. The van der Waals surface area contributed by atoms with Gasteiger partial charge in [0.05, 0.1) is 22.4 Å². The summed E-state index contributed by atoms with van der Waals surface area (Å²) in [7, 11) is 0. The molecular weight excluding hydrogens is 564 g/mol. The molecule has 14 heteroatoms. The van der Waals surface area contributed by atoms with E-state index < -0.39 is 42.8 Å². The van der Waals surface area contributed by atoms with Crippen LogP contribution < -0.4 is 15.5 Å². The van der Waals surface area contributed by atoms with E-state index in [4.69, 9.17) is 16.3 Å². The summed E-state index contributed by atoms with van der Waals surface area (Å²) in [6.45, 7) is -0.777. The fourth-order valence-electron chi connectivity index (χ4n) is 4.50. The summed E-state index contributed by atoms with van der Waals surface area (Å²) >= 11 is 6.90. The Balaban J connectivity index is 1.57. The molecule has 2 aliphatic rings. The number of thiophene rings is 1. The molecule has 3 amide bonds. The lowest BCUT2D eigenvalue weighted by Crippen LogP contribution is -2.57. The summed E-state index contributed by atoms with van der Waals surface area (Å²) in [6.07, 6.45) is -3.77. The van der Waals surface area contributed by atoms with Crippen molar-refractivity contribution in [3.05, 3.63) is 45.1 Å². The Bertz CT molecular complexity index is 1200. The fourth-order valence-corrected chi connectivity index (χ4v) is 5.46. The van der Waals surface area contributed by atoms with E-state index in [1.165, 1.54) is 34.1 Å². The third kappa shape index (κ3) is 7.27. The highest BCUT2D eigenvalue weighted by Gasteiger charge is 2.37. The Morgan fingerprint density at radius 3 is 2.54 bits per heavy atom. The van der Waals surface area contributed by atoms with Crippen LogP contribution in [0.25, 0.3) is 0 Å². The summed E-state index contributed by atoms with van der Waals surface area (Å²) in [4.78, 5) is 41.1. The largest absolute Gasteiger partial charge is 0.370 e. The van der Waals surface area contributed by atoms with E-state index in [-0.39, 0.29) is 54.5 Å². The van der Waals surface area contributed by atoms with E-state index in [9.17, 15) is 31.9 Å². The smallest absolute Gasteiger partial charge is 0.265 e. The molecule has 2 fully saturated rings. The van der Waals surface area contributed by atoms with Crippen molar-refractivity contribution in [2.75, 3.05) is 43.1 Å². The minimum Gasteiger partial charge on any atom is -0.370 e. The molecule has 4 rings (SSSR count). The first-order valence-electron chi connectivity index (χ1n) is 12.3. The minimum absolute atomic E-state index is 0.172. The molecule has 2 N–H and O–H groups in total. The maximum atomic E-state index is 14.0. The van der Waals surface area contributed by atoms with Gasteiger partial charge in [0.2, 0.25) is 5.91 Å². The summed E-state index contributed by atoms with van der Waals surface area (Å²) in [5.41, 5.74) is -0.518. The molecule has 1 aromatic heterocycles. The normalized spacial score (nSPS) is 17.0. The second-order valence-electron chi connectivity index (χ2n) is 9.16. The molecule has 1 aliphatic heterocycles. The molecule has 0 spiro atoms. The van der Waals surface area contributed by atoms with E-state index >= 15 is 0 Å². The highest BCUT2D eigenvalue weighted by molar-refractivity contribution is 7.18. The third-order valence-electron chi connectivity index (χ3n) is 6.67. The van der Waals surface area contributed by atoms with Crippen molar-refractivity contribution in [1.29, 1.82) is 0 Å². The third-order valence-corrected chi connectivity index (χ3v) is 7.90. The van der Waals surface area contributed by atoms with E-state index in [0.29, 0.717) is 17.2 Å². The zero-order valence-electron chi connectivity index (χ0n) is 20.7. The van der Waals surface area contributed by atoms with Gasteiger partial charge in [-0.15, -0.1) is 11.3 Å². The Morgan fingerprint density at radius 2 is 1.95 bits per heavy atom. The van der Waals surface area contributed by atoms with Gasteiger partial charge in [-0.25, -0.2) is 17.6 Å². The predicted molar refractivity (Wildman–Crippen MR) is 139 cm³/mol. The number of alkyl halides is 4. The number of amides is 3. The molecule has 1 atom stereocenters. The van der Waals surface area contributed by atoms with Crippen molar-refractivity contribution in [2.24, 2.45) is 0 Å².